The molecule has 0 atom stereocenters. The predicted octanol–water partition coefficient (Wildman–Crippen LogP) is 3.67. The summed E-state index contributed by atoms with van der Waals surface area (Å²) in [6.07, 6.45) is 2.86. The van der Waals surface area contributed by atoms with Crippen LogP contribution in [0.2, 0.25) is 0 Å². The van der Waals surface area contributed by atoms with Gasteiger partial charge in [-0.05, 0) is 52.2 Å². The summed E-state index contributed by atoms with van der Waals surface area (Å²) in [6.45, 7) is 1.52. The van der Waals surface area contributed by atoms with Gasteiger partial charge in [-0.15, -0.1) is 24.0 Å². The van der Waals surface area contributed by atoms with Crippen molar-refractivity contribution in [1.82, 2.24) is 14.8 Å². The van der Waals surface area contributed by atoms with Crippen molar-refractivity contribution in [2.45, 2.75) is 13.0 Å². The van der Waals surface area contributed by atoms with Crippen molar-refractivity contribution < 1.29 is 9.47 Å². The molecule has 2 aromatic rings. The molecule has 0 fully saturated rings. The average molecular weight is 551 g/mol. The molecule has 0 aliphatic heterocycles. The molecule has 8 heteroatoms. The lowest BCUT2D eigenvalue weighted by Gasteiger charge is -2.22. The molecule has 27 heavy (non-hydrogen) atoms. The summed E-state index contributed by atoms with van der Waals surface area (Å²) in [5.74, 6) is 2.55. The molecule has 0 spiro atoms. The molecule has 0 unspecified atom stereocenters. The number of aliphatic imine (C=N–C) groups is 1. The largest absolute Gasteiger partial charge is 0.497 e. The van der Waals surface area contributed by atoms with E-state index >= 15 is 0 Å². The second-order valence-corrected chi connectivity index (χ2v) is 6.93. The molecule has 0 amide bonds. The van der Waals surface area contributed by atoms with Crippen LogP contribution in [0.4, 0.5) is 0 Å². The van der Waals surface area contributed by atoms with Gasteiger partial charge in [-0.1, -0.05) is 0 Å². The number of benzene rings is 1. The van der Waals surface area contributed by atoms with E-state index in [2.05, 4.69) is 48.0 Å². The van der Waals surface area contributed by atoms with Gasteiger partial charge in [0.05, 0.1) is 20.8 Å². The SMILES string of the molecule is CN=C(NCCc1cc(OC)ccc1OC)N(C)Cc1cc(Br)cn1C.I. The number of rotatable bonds is 7. The van der Waals surface area contributed by atoms with E-state index in [4.69, 9.17) is 9.47 Å². The number of hydrogen-bond donors (Lipinski definition) is 1. The highest BCUT2D eigenvalue weighted by Gasteiger charge is 2.10. The van der Waals surface area contributed by atoms with Gasteiger partial charge in [-0.3, -0.25) is 4.99 Å². The van der Waals surface area contributed by atoms with E-state index in [1.54, 1.807) is 21.3 Å². The number of guanidine groups is 1. The molecular formula is C19H28BrIN4O2. The van der Waals surface area contributed by atoms with Gasteiger partial charge in [0.2, 0.25) is 0 Å². The van der Waals surface area contributed by atoms with E-state index in [-0.39, 0.29) is 24.0 Å². The van der Waals surface area contributed by atoms with Gasteiger partial charge >= 0.3 is 0 Å². The zero-order valence-electron chi connectivity index (χ0n) is 16.5. The maximum atomic E-state index is 5.44. The van der Waals surface area contributed by atoms with Crippen molar-refractivity contribution in [3.8, 4) is 11.5 Å². The lowest BCUT2D eigenvalue weighted by atomic mass is 10.1. The molecule has 1 heterocycles. The van der Waals surface area contributed by atoms with Crippen LogP contribution in [0.5, 0.6) is 11.5 Å². The quantitative estimate of drug-likeness (QED) is 0.325. The van der Waals surface area contributed by atoms with E-state index in [1.165, 1.54) is 5.69 Å². The molecule has 1 aromatic heterocycles. The average Bonchev–Trinajstić information content (AvgIpc) is 2.95. The van der Waals surface area contributed by atoms with Crippen LogP contribution >= 0.6 is 39.9 Å². The summed E-state index contributed by atoms with van der Waals surface area (Å²) in [7, 11) is 9.22. The van der Waals surface area contributed by atoms with Gasteiger partial charge in [-0.2, -0.15) is 0 Å². The van der Waals surface area contributed by atoms with Crippen LogP contribution in [-0.2, 0) is 20.0 Å². The van der Waals surface area contributed by atoms with Crippen LogP contribution in [0.25, 0.3) is 0 Å². The standard InChI is InChI=1S/C19H27BrN4O2.HI/c1-21-19(24(3)13-16-11-15(20)12-23(16)2)22-9-8-14-10-17(25-4)6-7-18(14)26-5;/h6-7,10-12H,8-9,13H2,1-5H3,(H,21,22);1H. The van der Waals surface area contributed by atoms with Crippen LogP contribution in [-0.4, -0.2) is 50.3 Å². The summed E-state index contributed by atoms with van der Waals surface area (Å²) >= 11 is 3.51. The molecule has 0 bridgehead atoms. The molecular weight excluding hydrogens is 523 g/mol. The maximum absolute atomic E-state index is 5.44. The topological polar surface area (TPSA) is 51.0 Å². The molecule has 1 aromatic carbocycles. The number of ether oxygens (including phenoxy) is 2. The monoisotopic (exact) mass is 550 g/mol. The van der Waals surface area contributed by atoms with Crippen molar-refractivity contribution in [1.29, 1.82) is 0 Å². The van der Waals surface area contributed by atoms with Crippen LogP contribution < -0.4 is 14.8 Å². The highest BCUT2D eigenvalue weighted by molar-refractivity contribution is 14.0. The minimum Gasteiger partial charge on any atom is -0.497 e. The molecule has 0 aliphatic rings. The third-order valence-electron chi connectivity index (χ3n) is 4.21. The van der Waals surface area contributed by atoms with E-state index in [9.17, 15) is 0 Å². The van der Waals surface area contributed by atoms with Gasteiger partial charge in [0.25, 0.3) is 0 Å². The van der Waals surface area contributed by atoms with Crippen LogP contribution in [0.3, 0.4) is 0 Å². The first-order valence-electron chi connectivity index (χ1n) is 8.42. The van der Waals surface area contributed by atoms with Crippen molar-refractivity contribution >= 4 is 45.9 Å². The second kappa shape index (κ2) is 11.4. The number of nitrogens with one attached hydrogen (secondary N) is 1. The Kier molecular flexibility index (Phi) is 10.00. The minimum atomic E-state index is 0. The fourth-order valence-corrected chi connectivity index (χ4v) is 3.38. The van der Waals surface area contributed by atoms with E-state index in [0.717, 1.165) is 47.0 Å². The number of methoxy groups -OCH3 is 2. The molecule has 6 nitrogen and oxygen atoms in total. The van der Waals surface area contributed by atoms with Gasteiger partial charge in [-0.25, -0.2) is 0 Å². The first kappa shape index (κ1) is 23.6. The Morgan fingerprint density at radius 3 is 2.56 bits per heavy atom. The zero-order valence-corrected chi connectivity index (χ0v) is 20.4. The third-order valence-corrected chi connectivity index (χ3v) is 4.65. The molecule has 1 N–H and O–H groups in total. The Bertz CT molecular complexity index is 764. The molecule has 150 valence electrons. The lowest BCUT2D eigenvalue weighted by Crippen LogP contribution is -2.39. The van der Waals surface area contributed by atoms with Crippen molar-refractivity contribution in [3.05, 3.63) is 46.2 Å². The van der Waals surface area contributed by atoms with Gasteiger partial charge in [0.15, 0.2) is 5.96 Å². The number of halogens is 2. The minimum absolute atomic E-state index is 0. The Morgan fingerprint density at radius 2 is 2.00 bits per heavy atom. The fourth-order valence-electron chi connectivity index (χ4n) is 2.81. The van der Waals surface area contributed by atoms with Gasteiger partial charge in [0.1, 0.15) is 11.5 Å². The normalized spacial score (nSPS) is 11.0. The molecule has 0 saturated heterocycles. The highest BCUT2D eigenvalue weighted by Crippen LogP contribution is 2.24. The Labute approximate surface area is 187 Å². The van der Waals surface area contributed by atoms with Crippen molar-refractivity contribution in [2.24, 2.45) is 12.0 Å². The van der Waals surface area contributed by atoms with E-state index < -0.39 is 0 Å². The zero-order chi connectivity index (χ0) is 19.1. The maximum Gasteiger partial charge on any atom is 0.193 e. The number of hydrogen-bond acceptors (Lipinski definition) is 3. The highest BCUT2D eigenvalue weighted by atomic mass is 127. The van der Waals surface area contributed by atoms with Crippen LogP contribution in [0.1, 0.15) is 11.3 Å². The summed E-state index contributed by atoms with van der Waals surface area (Å²) < 4.78 is 13.9. The molecule has 0 aliphatic carbocycles. The molecule has 0 saturated carbocycles. The fraction of sp³-hybridized carbons (Fsp3) is 0.421. The number of aryl methyl sites for hydroxylation is 1. The predicted molar refractivity (Wildman–Crippen MR) is 125 cm³/mol. The lowest BCUT2D eigenvalue weighted by molar-refractivity contribution is 0.398. The van der Waals surface area contributed by atoms with Crippen molar-refractivity contribution in [2.75, 3.05) is 34.9 Å². The van der Waals surface area contributed by atoms with Crippen LogP contribution in [0.15, 0.2) is 39.9 Å². The smallest absolute Gasteiger partial charge is 0.193 e. The summed E-state index contributed by atoms with van der Waals surface area (Å²) in [4.78, 5) is 6.48. The van der Waals surface area contributed by atoms with Crippen molar-refractivity contribution in [3.63, 3.8) is 0 Å². The third kappa shape index (κ3) is 6.60. The summed E-state index contributed by atoms with van der Waals surface area (Å²) in [6, 6.07) is 7.96. The van der Waals surface area contributed by atoms with Crippen LogP contribution in [0, 0.1) is 0 Å². The van der Waals surface area contributed by atoms with Gasteiger partial charge in [0, 0.05) is 44.1 Å². The Balaban J connectivity index is 0.00000364. The number of nitrogens with zero attached hydrogens (tertiary/aromatic N) is 3. The Hall–Kier alpha value is -1.42. The molecule has 2 rings (SSSR count). The summed E-state index contributed by atoms with van der Waals surface area (Å²) in [5.41, 5.74) is 2.31. The summed E-state index contributed by atoms with van der Waals surface area (Å²) in [5, 5.41) is 3.41. The first-order valence-corrected chi connectivity index (χ1v) is 9.21. The Morgan fingerprint density at radius 1 is 1.26 bits per heavy atom. The number of aromatic nitrogens is 1. The molecule has 0 radical (unpaired) electrons. The second-order valence-electron chi connectivity index (χ2n) is 6.02. The first-order chi connectivity index (χ1) is 12.5. The van der Waals surface area contributed by atoms with E-state index in [1.807, 2.05) is 32.3 Å². The van der Waals surface area contributed by atoms with E-state index in [0.29, 0.717) is 0 Å². The van der Waals surface area contributed by atoms with Gasteiger partial charge < -0.3 is 24.3 Å².